The number of carbonyl (C=O) groups excluding carboxylic acids is 1. The molecule has 6 heteroatoms. The average Bonchev–Trinajstić information content (AvgIpc) is 3.05. The Bertz CT molecular complexity index is 527. The number of carbonyl (C=O) groups is 2. The molecule has 0 radical (unpaired) electrons. The highest BCUT2D eigenvalue weighted by Gasteiger charge is 2.24. The van der Waals surface area contributed by atoms with Gasteiger partial charge in [-0.25, -0.2) is 0 Å². The second-order valence-electron chi connectivity index (χ2n) is 5.28. The number of hydrogen-bond acceptors (Lipinski definition) is 4. The molecule has 22 heavy (non-hydrogen) atoms. The van der Waals surface area contributed by atoms with Crippen LogP contribution in [0, 0.1) is 0 Å². The van der Waals surface area contributed by atoms with Crippen molar-refractivity contribution >= 4 is 35.4 Å². The maximum atomic E-state index is 12.6. The van der Waals surface area contributed by atoms with Gasteiger partial charge < -0.3 is 10.0 Å². The lowest BCUT2D eigenvalue weighted by molar-refractivity contribution is -0.138. The first-order chi connectivity index (χ1) is 10.5. The van der Waals surface area contributed by atoms with Gasteiger partial charge in [-0.1, -0.05) is 19.1 Å². The number of benzene rings is 1. The van der Waals surface area contributed by atoms with Gasteiger partial charge in [-0.15, -0.1) is 23.5 Å². The summed E-state index contributed by atoms with van der Waals surface area (Å²) in [4.78, 5) is 25.0. The number of nitrogens with zero attached hydrogens (tertiary/aromatic N) is 1. The normalized spacial score (nSPS) is 16.5. The van der Waals surface area contributed by atoms with Crippen molar-refractivity contribution in [2.75, 3.05) is 18.1 Å². The van der Waals surface area contributed by atoms with E-state index in [-0.39, 0.29) is 18.5 Å². The molecule has 1 fully saturated rings. The molecular weight excluding hydrogens is 318 g/mol. The summed E-state index contributed by atoms with van der Waals surface area (Å²) in [6.45, 7) is 3.56. The number of amides is 1. The van der Waals surface area contributed by atoms with Gasteiger partial charge in [-0.05, 0) is 31.0 Å². The van der Waals surface area contributed by atoms with Gasteiger partial charge in [0, 0.05) is 23.1 Å². The quantitative estimate of drug-likeness (QED) is 0.860. The number of aliphatic carboxylic acids is 1. The van der Waals surface area contributed by atoms with Crippen molar-refractivity contribution in [2.24, 2.45) is 0 Å². The van der Waals surface area contributed by atoms with E-state index in [0.717, 1.165) is 17.9 Å². The molecule has 1 N–H and O–H groups in total. The van der Waals surface area contributed by atoms with E-state index in [1.807, 2.05) is 61.6 Å². The van der Waals surface area contributed by atoms with Gasteiger partial charge in [0.05, 0.1) is 4.58 Å². The van der Waals surface area contributed by atoms with E-state index in [9.17, 15) is 9.59 Å². The zero-order valence-corrected chi connectivity index (χ0v) is 14.5. The molecule has 2 rings (SSSR count). The maximum absolute atomic E-state index is 12.6. The molecule has 1 unspecified atom stereocenters. The summed E-state index contributed by atoms with van der Waals surface area (Å²) in [6, 6.07) is 7.50. The lowest BCUT2D eigenvalue weighted by Crippen LogP contribution is -2.41. The number of carboxylic acids is 1. The lowest BCUT2D eigenvalue weighted by atomic mass is 10.1. The molecule has 1 aromatic carbocycles. The van der Waals surface area contributed by atoms with Crippen LogP contribution >= 0.6 is 23.5 Å². The highest BCUT2D eigenvalue weighted by molar-refractivity contribution is 8.19. The maximum Gasteiger partial charge on any atom is 0.323 e. The van der Waals surface area contributed by atoms with E-state index in [1.165, 1.54) is 10.5 Å². The van der Waals surface area contributed by atoms with Gasteiger partial charge in [-0.3, -0.25) is 9.59 Å². The molecule has 1 amide bonds. The Morgan fingerprint density at radius 3 is 2.36 bits per heavy atom. The summed E-state index contributed by atoms with van der Waals surface area (Å²) in [5, 5.41) is 9.01. The predicted molar refractivity (Wildman–Crippen MR) is 92.5 cm³/mol. The number of thioether (sulfide) groups is 2. The first kappa shape index (κ1) is 17.2. The summed E-state index contributed by atoms with van der Waals surface area (Å²) in [5.74, 6) is 1.13. The summed E-state index contributed by atoms with van der Waals surface area (Å²) < 4.78 is 0.453. The largest absolute Gasteiger partial charge is 0.480 e. The molecule has 0 aliphatic carbocycles. The minimum atomic E-state index is -0.982. The zero-order valence-electron chi connectivity index (χ0n) is 12.8. The molecule has 0 aromatic heterocycles. The molecule has 4 nitrogen and oxygen atoms in total. The Balaban J connectivity index is 2.13. The molecule has 0 bridgehead atoms. The SMILES string of the molecule is CCC(C)N(CC(=O)O)C(=O)c1ccc(C2SCCS2)cc1. The standard InChI is InChI=1S/C16H21NO3S2/c1-3-11(2)17(10-14(18)19)15(20)12-4-6-13(7-5-12)16-21-8-9-22-16/h4-7,11,16H,3,8-10H2,1-2H3,(H,18,19). The molecule has 1 heterocycles. The van der Waals surface area contributed by atoms with Crippen LogP contribution in [0.4, 0.5) is 0 Å². The van der Waals surface area contributed by atoms with Crippen molar-refractivity contribution in [1.82, 2.24) is 4.90 Å². The first-order valence-electron chi connectivity index (χ1n) is 7.38. The fourth-order valence-corrected chi connectivity index (χ4v) is 5.15. The Morgan fingerprint density at radius 1 is 1.27 bits per heavy atom. The van der Waals surface area contributed by atoms with Crippen LogP contribution in [0.1, 0.15) is 40.8 Å². The first-order valence-corrected chi connectivity index (χ1v) is 9.48. The van der Waals surface area contributed by atoms with Gasteiger partial charge in [0.25, 0.3) is 5.91 Å². The van der Waals surface area contributed by atoms with Gasteiger partial charge in [0.15, 0.2) is 0 Å². The molecule has 1 aliphatic rings. The molecule has 1 aromatic rings. The second kappa shape index (κ2) is 7.92. The Hall–Kier alpha value is -1.14. The van der Waals surface area contributed by atoms with Crippen molar-refractivity contribution < 1.29 is 14.7 Å². The number of hydrogen-bond donors (Lipinski definition) is 1. The van der Waals surface area contributed by atoms with Crippen LogP contribution in [0.5, 0.6) is 0 Å². The fourth-order valence-electron chi connectivity index (χ4n) is 2.29. The van der Waals surface area contributed by atoms with E-state index in [2.05, 4.69) is 0 Å². The van der Waals surface area contributed by atoms with Gasteiger partial charge in [0.1, 0.15) is 6.54 Å². The van der Waals surface area contributed by atoms with Crippen LogP contribution in [0.25, 0.3) is 0 Å². The summed E-state index contributed by atoms with van der Waals surface area (Å²) in [6.07, 6.45) is 0.729. The highest BCUT2D eigenvalue weighted by Crippen LogP contribution is 2.45. The van der Waals surface area contributed by atoms with Crippen molar-refractivity contribution in [3.63, 3.8) is 0 Å². The second-order valence-corrected chi connectivity index (χ2v) is 8.00. The van der Waals surface area contributed by atoms with Gasteiger partial charge in [-0.2, -0.15) is 0 Å². The third-order valence-corrected chi connectivity index (χ3v) is 6.85. The van der Waals surface area contributed by atoms with Gasteiger partial charge in [0.2, 0.25) is 0 Å². The van der Waals surface area contributed by atoms with Crippen LogP contribution < -0.4 is 0 Å². The summed E-state index contributed by atoms with van der Waals surface area (Å²) >= 11 is 3.85. The van der Waals surface area contributed by atoms with E-state index in [0.29, 0.717) is 10.1 Å². The van der Waals surface area contributed by atoms with Crippen molar-refractivity contribution in [2.45, 2.75) is 30.9 Å². The third kappa shape index (κ3) is 4.20. The molecule has 1 saturated heterocycles. The van der Waals surface area contributed by atoms with E-state index in [4.69, 9.17) is 5.11 Å². The summed E-state index contributed by atoms with van der Waals surface area (Å²) in [5.41, 5.74) is 1.77. The molecule has 0 saturated carbocycles. The molecule has 1 aliphatic heterocycles. The summed E-state index contributed by atoms with van der Waals surface area (Å²) in [7, 11) is 0. The molecule has 120 valence electrons. The third-order valence-electron chi connectivity index (χ3n) is 3.74. The minimum absolute atomic E-state index is 0.0933. The van der Waals surface area contributed by atoms with E-state index >= 15 is 0 Å². The Morgan fingerprint density at radius 2 is 1.86 bits per heavy atom. The average molecular weight is 339 g/mol. The smallest absolute Gasteiger partial charge is 0.323 e. The number of rotatable bonds is 6. The predicted octanol–water partition coefficient (Wildman–Crippen LogP) is 3.49. The van der Waals surface area contributed by atoms with Crippen LogP contribution in [0.3, 0.4) is 0 Å². The number of carboxylic acid groups (broad SMARTS) is 1. The minimum Gasteiger partial charge on any atom is -0.480 e. The van der Waals surface area contributed by atoms with Crippen molar-refractivity contribution in [1.29, 1.82) is 0 Å². The Kier molecular flexibility index (Phi) is 6.20. The van der Waals surface area contributed by atoms with Crippen LogP contribution in [-0.2, 0) is 4.79 Å². The van der Waals surface area contributed by atoms with Crippen LogP contribution in [-0.4, -0.2) is 46.0 Å². The topological polar surface area (TPSA) is 57.6 Å². The fraction of sp³-hybridized carbons (Fsp3) is 0.500. The Labute approximate surface area is 139 Å². The van der Waals surface area contributed by atoms with Crippen LogP contribution in [0.2, 0.25) is 0 Å². The van der Waals surface area contributed by atoms with Gasteiger partial charge >= 0.3 is 5.97 Å². The van der Waals surface area contributed by atoms with E-state index < -0.39 is 5.97 Å². The highest BCUT2D eigenvalue weighted by atomic mass is 32.2. The van der Waals surface area contributed by atoms with Crippen LogP contribution in [0.15, 0.2) is 24.3 Å². The molecular formula is C16H21NO3S2. The zero-order chi connectivity index (χ0) is 16.1. The molecule has 0 spiro atoms. The monoisotopic (exact) mass is 339 g/mol. The molecule has 1 atom stereocenters. The van der Waals surface area contributed by atoms with E-state index in [1.54, 1.807) is 0 Å². The van der Waals surface area contributed by atoms with Crippen molar-refractivity contribution in [3.8, 4) is 0 Å². The lowest BCUT2D eigenvalue weighted by Gasteiger charge is -2.27. The van der Waals surface area contributed by atoms with Crippen molar-refractivity contribution in [3.05, 3.63) is 35.4 Å².